The second kappa shape index (κ2) is 8.51. The first-order valence-corrected chi connectivity index (χ1v) is 11.4. The number of hydrogen-bond acceptors (Lipinski definition) is 4. The molecule has 3 saturated heterocycles. The molecule has 0 aromatic carbocycles. The molecular weight excluding hydrogens is 326 g/mol. The van der Waals surface area contributed by atoms with Gasteiger partial charge in [0.25, 0.3) is 0 Å². The van der Waals surface area contributed by atoms with Gasteiger partial charge in [0.2, 0.25) is 0 Å². The zero-order valence-corrected chi connectivity index (χ0v) is 16.8. The number of thiophene rings is 1. The minimum absolute atomic E-state index is 0.804. The molecule has 0 unspecified atom stereocenters. The van der Waals surface area contributed by atoms with Crippen LogP contribution in [-0.4, -0.2) is 60.0 Å². The monoisotopic (exact) mass is 361 g/mol. The van der Waals surface area contributed by atoms with Crippen LogP contribution in [0.4, 0.5) is 0 Å². The maximum absolute atomic E-state index is 2.74. The van der Waals surface area contributed by atoms with Gasteiger partial charge in [-0.1, -0.05) is 0 Å². The van der Waals surface area contributed by atoms with Crippen molar-refractivity contribution in [2.45, 2.75) is 64.6 Å². The third kappa shape index (κ3) is 4.65. The smallest absolute Gasteiger partial charge is 0.0328 e. The minimum Gasteiger partial charge on any atom is -0.300 e. The maximum Gasteiger partial charge on any atom is 0.0328 e. The predicted molar refractivity (Wildman–Crippen MR) is 107 cm³/mol. The Morgan fingerprint density at radius 3 is 2.28 bits per heavy atom. The van der Waals surface area contributed by atoms with E-state index in [-0.39, 0.29) is 0 Å². The van der Waals surface area contributed by atoms with E-state index < -0.39 is 0 Å². The van der Waals surface area contributed by atoms with E-state index in [0.29, 0.717) is 0 Å². The van der Waals surface area contributed by atoms with E-state index in [1.54, 1.807) is 10.4 Å². The number of piperidine rings is 1. The number of likely N-dealkylation sites (tertiary alicyclic amines) is 3. The topological polar surface area (TPSA) is 9.72 Å². The van der Waals surface area contributed by atoms with Crippen LogP contribution < -0.4 is 0 Å². The molecule has 0 saturated carbocycles. The van der Waals surface area contributed by atoms with E-state index in [2.05, 4.69) is 33.1 Å². The molecule has 0 radical (unpaired) electrons. The van der Waals surface area contributed by atoms with Gasteiger partial charge in [0.05, 0.1) is 0 Å². The molecule has 25 heavy (non-hydrogen) atoms. The fraction of sp³-hybridized carbons (Fsp3) is 0.810. The van der Waals surface area contributed by atoms with Crippen molar-refractivity contribution in [3.63, 3.8) is 0 Å². The lowest BCUT2D eigenvalue weighted by Gasteiger charge is -2.38. The first kappa shape index (κ1) is 18.0. The van der Waals surface area contributed by atoms with Crippen LogP contribution >= 0.6 is 11.3 Å². The van der Waals surface area contributed by atoms with Gasteiger partial charge in [-0.05, 0) is 108 Å². The molecule has 1 aromatic rings. The summed E-state index contributed by atoms with van der Waals surface area (Å²) in [6.45, 7) is 12.7. The van der Waals surface area contributed by atoms with Crippen molar-refractivity contribution >= 4 is 11.3 Å². The van der Waals surface area contributed by atoms with Gasteiger partial charge in [-0.2, -0.15) is 0 Å². The summed E-state index contributed by atoms with van der Waals surface area (Å²) >= 11 is 1.98. The summed E-state index contributed by atoms with van der Waals surface area (Å²) in [5.74, 6) is 0.920. The van der Waals surface area contributed by atoms with Crippen LogP contribution in [0, 0.1) is 5.92 Å². The van der Waals surface area contributed by atoms with Crippen molar-refractivity contribution in [2.75, 3.05) is 39.3 Å². The molecule has 0 aliphatic carbocycles. The van der Waals surface area contributed by atoms with Gasteiger partial charge in [0, 0.05) is 24.0 Å². The quantitative estimate of drug-likeness (QED) is 0.757. The van der Waals surface area contributed by atoms with E-state index in [0.717, 1.165) is 12.0 Å². The van der Waals surface area contributed by atoms with Crippen molar-refractivity contribution in [1.82, 2.24) is 14.7 Å². The van der Waals surface area contributed by atoms with Crippen LogP contribution in [0.2, 0.25) is 0 Å². The van der Waals surface area contributed by atoms with Crippen molar-refractivity contribution in [3.05, 3.63) is 21.9 Å². The van der Waals surface area contributed by atoms with Gasteiger partial charge in [0.1, 0.15) is 0 Å². The van der Waals surface area contributed by atoms with Crippen molar-refractivity contribution < 1.29 is 0 Å². The Hall–Kier alpha value is -0.420. The lowest BCUT2D eigenvalue weighted by molar-refractivity contribution is 0.108. The van der Waals surface area contributed by atoms with Gasteiger partial charge in [-0.3, -0.25) is 9.80 Å². The van der Waals surface area contributed by atoms with Gasteiger partial charge in [-0.15, -0.1) is 11.3 Å². The molecule has 0 N–H and O–H groups in total. The van der Waals surface area contributed by atoms with Crippen molar-refractivity contribution in [3.8, 4) is 0 Å². The number of nitrogens with zero attached hydrogens (tertiary/aromatic N) is 3. The Labute approximate surface area is 158 Å². The molecule has 4 rings (SSSR count). The van der Waals surface area contributed by atoms with Crippen molar-refractivity contribution in [2.24, 2.45) is 5.92 Å². The van der Waals surface area contributed by atoms with Crippen LogP contribution in [0.5, 0.6) is 0 Å². The Kier molecular flexibility index (Phi) is 6.12. The molecule has 3 aliphatic rings. The summed E-state index contributed by atoms with van der Waals surface area (Å²) in [6.07, 6.45) is 8.40. The fourth-order valence-corrected chi connectivity index (χ4v) is 5.97. The van der Waals surface area contributed by atoms with E-state index in [1.165, 1.54) is 90.9 Å². The largest absolute Gasteiger partial charge is 0.300 e. The lowest BCUT2D eigenvalue weighted by Crippen LogP contribution is -2.42. The second-order valence-corrected chi connectivity index (χ2v) is 9.50. The highest BCUT2D eigenvalue weighted by molar-refractivity contribution is 7.10. The van der Waals surface area contributed by atoms with Gasteiger partial charge < -0.3 is 4.90 Å². The van der Waals surface area contributed by atoms with Crippen LogP contribution in [-0.2, 0) is 13.1 Å². The third-order valence-electron chi connectivity index (χ3n) is 6.72. The SMILES string of the molecule is C[C@H](C1CCN(Cc2cc(CN3CCCC3)cs2)CC1)N1CCCC1. The molecule has 4 heteroatoms. The zero-order chi connectivity index (χ0) is 17.1. The molecule has 4 heterocycles. The molecule has 1 atom stereocenters. The molecular formula is C21H35N3S. The van der Waals surface area contributed by atoms with Gasteiger partial charge >= 0.3 is 0 Å². The molecule has 3 aliphatic heterocycles. The summed E-state index contributed by atoms with van der Waals surface area (Å²) in [5, 5.41) is 2.40. The molecule has 0 amide bonds. The summed E-state index contributed by atoms with van der Waals surface area (Å²) in [4.78, 5) is 9.61. The predicted octanol–water partition coefficient (Wildman–Crippen LogP) is 4.04. The molecule has 140 valence electrons. The summed E-state index contributed by atoms with van der Waals surface area (Å²) < 4.78 is 0. The number of rotatable bonds is 6. The van der Waals surface area contributed by atoms with Gasteiger partial charge in [-0.25, -0.2) is 0 Å². The van der Waals surface area contributed by atoms with Crippen LogP contribution in [0.25, 0.3) is 0 Å². The van der Waals surface area contributed by atoms with Crippen molar-refractivity contribution in [1.29, 1.82) is 0 Å². The third-order valence-corrected chi connectivity index (χ3v) is 7.69. The Morgan fingerprint density at radius 2 is 1.56 bits per heavy atom. The maximum atomic E-state index is 2.74. The van der Waals surface area contributed by atoms with E-state index in [9.17, 15) is 0 Å². The van der Waals surface area contributed by atoms with Gasteiger partial charge in [0.15, 0.2) is 0 Å². The Balaban J connectivity index is 1.22. The molecule has 3 fully saturated rings. The summed E-state index contributed by atoms with van der Waals surface area (Å²) in [6, 6.07) is 3.28. The molecule has 3 nitrogen and oxygen atoms in total. The average molecular weight is 362 g/mol. The summed E-state index contributed by atoms with van der Waals surface area (Å²) in [7, 11) is 0. The molecule has 0 spiro atoms. The van der Waals surface area contributed by atoms with E-state index in [1.807, 2.05) is 11.3 Å². The normalized spacial score (nSPS) is 25.8. The van der Waals surface area contributed by atoms with Crippen LogP contribution in [0.1, 0.15) is 55.9 Å². The highest BCUT2D eigenvalue weighted by Gasteiger charge is 2.29. The fourth-order valence-electron chi connectivity index (χ4n) is 5.05. The first-order chi connectivity index (χ1) is 12.3. The number of hydrogen-bond donors (Lipinski definition) is 0. The Bertz CT molecular complexity index is 523. The van der Waals surface area contributed by atoms with Crippen LogP contribution in [0.15, 0.2) is 11.4 Å². The highest BCUT2D eigenvalue weighted by Crippen LogP contribution is 2.28. The van der Waals surface area contributed by atoms with Crippen LogP contribution in [0.3, 0.4) is 0 Å². The Morgan fingerprint density at radius 1 is 0.920 bits per heavy atom. The molecule has 0 bridgehead atoms. The lowest BCUT2D eigenvalue weighted by atomic mass is 9.89. The minimum atomic E-state index is 0.804. The second-order valence-electron chi connectivity index (χ2n) is 8.50. The highest BCUT2D eigenvalue weighted by atomic mass is 32.1. The van der Waals surface area contributed by atoms with E-state index in [4.69, 9.17) is 0 Å². The average Bonchev–Trinajstić information content (AvgIpc) is 3.38. The summed E-state index contributed by atoms with van der Waals surface area (Å²) in [5.41, 5.74) is 1.54. The molecule has 1 aromatic heterocycles. The zero-order valence-electron chi connectivity index (χ0n) is 16.0. The first-order valence-electron chi connectivity index (χ1n) is 10.5. The van der Waals surface area contributed by atoms with E-state index >= 15 is 0 Å². The standard InChI is InChI=1S/C21H35N3S/c1-18(24-10-4-5-11-24)20-6-12-23(13-7-20)16-21-14-19(17-25-21)15-22-8-2-3-9-22/h14,17-18,20H,2-13,15-16H2,1H3/t18-/m1/s1.